The van der Waals surface area contributed by atoms with Crippen LogP contribution in [0.2, 0.25) is 0 Å². The SMILES string of the molecule is c1ccc(N(c2ccccc2)c2cc3c4c(c2)N(c2ccc(C56CC7CC(CC(C7)C5)C6)cc2)c2ccccc2B4c2ccccc2N3c2ccc(C3CCCCC3)cc2)cc1. The summed E-state index contributed by atoms with van der Waals surface area (Å²) in [5.74, 6) is 3.43. The molecule has 5 fully saturated rings. The van der Waals surface area contributed by atoms with Crippen molar-refractivity contribution in [2.24, 2.45) is 17.8 Å². The Morgan fingerprint density at radius 2 is 0.919 bits per heavy atom. The van der Waals surface area contributed by atoms with Crippen LogP contribution in [0.5, 0.6) is 0 Å². The summed E-state index contributed by atoms with van der Waals surface area (Å²) in [5, 5.41) is 0. The van der Waals surface area contributed by atoms with E-state index < -0.39 is 0 Å². The first-order valence-electron chi connectivity index (χ1n) is 23.7. The van der Waals surface area contributed by atoms with Gasteiger partial charge in [0.05, 0.1) is 5.69 Å². The van der Waals surface area contributed by atoms with Crippen LogP contribution >= 0.6 is 0 Å². The van der Waals surface area contributed by atoms with E-state index in [9.17, 15) is 0 Å². The minimum absolute atomic E-state index is 0.0867. The van der Waals surface area contributed by atoms with Gasteiger partial charge in [0, 0.05) is 45.5 Å². The van der Waals surface area contributed by atoms with Crippen LogP contribution in [0.15, 0.2) is 170 Å². The van der Waals surface area contributed by atoms with E-state index in [1.54, 1.807) is 5.56 Å². The largest absolute Gasteiger partial charge is 0.311 e. The standard InChI is InChI=1S/C58H54BN3/c1-4-14-43(15-5-1)44-24-28-48(29-25-44)61-53-22-12-10-20-51(53)59-52-21-11-13-23-54(52)62(49-30-26-45(27-31-49)58-37-40-32-41(38-58)34-42(33-40)39-58)56-36-50(35-55(61)57(56)59)60(46-16-6-2-7-17-46)47-18-8-3-9-19-47/h2-3,6-13,16-31,35-36,40-43H,1,4-5,14-15,32-34,37-39H2. The number of hydrogen-bond acceptors (Lipinski definition) is 3. The van der Waals surface area contributed by atoms with E-state index in [2.05, 4.69) is 185 Å². The van der Waals surface area contributed by atoms with Gasteiger partial charge in [0.15, 0.2) is 0 Å². The molecule has 5 saturated carbocycles. The number of hydrogen-bond donors (Lipinski definition) is 0. The Hall–Kier alpha value is -6.00. The van der Waals surface area contributed by atoms with Gasteiger partial charge in [0.1, 0.15) is 0 Å². The summed E-state index contributed by atoms with van der Waals surface area (Å²) in [6, 6.07) is 65.0. The van der Waals surface area contributed by atoms with E-state index in [1.807, 2.05) is 0 Å². The zero-order chi connectivity index (χ0) is 40.8. The Balaban J connectivity index is 1.03. The Morgan fingerprint density at radius 1 is 0.452 bits per heavy atom. The fourth-order valence-electron chi connectivity index (χ4n) is 13.9. The molecule has 5 aliphatic carbocycles. The molecule has 7 aromatic carbocycles. The molecular formula is C58H54BN3. The van der Waals surface area contributed by atoms with Crippen LogP contribution in [0.25, 0.3) is 0 Å². The quantitative estimate of drug-likeness (QED) is 0.149. The monoisotopic (exact) mass is 803 g/mol. The Bertz CT molecular complexity index is 2700. The molecule has 0 N–H and O–H groups in total. The Labute approximate surface area is 368 Å². The van der Waals surface area contributed by atoms with Gasteiger partial charge in [0.2, 0.25) is 0 Å². The van der Waals surface area contributed by atoms with E-state index in [-0.39, 0.29) is 6.71 Å². The fourth-order valence-corrected chi connectivity index (χ4v) is 13.9. The van der Waals surface area contributed by atoms with Crippen molar-refractivity contribution in [1.29, 1.82) is 0 Å². The minimum Gasteiger partial charge on any atom is -0.311 e. The fraction of sp³-hybridized carbons (Fsp3) is 0.276. The third-order valence-corrected chi connectivity index (χ3v) is 16.2. The van der Waals surface area contributed by atoms with E-state index in [0.717, 1.165) is 34.8 Å². The molecule has 0 spiro atoms. The summed E-state index contributed by atoms with van der Waals surface area (Å²) < 4.78 is 0. The number of fused-ring (bicyclic) bond motifs is 4. The average molecular weight is 804 g/mol. The maximum absolute atomic E-state index is 2.60. The molecule has 0 aromatic heterocycles. The topological polar surface area (TPSA) is 9.72 Å². The molecule has 2 heterocycles. The van der Waals surface area contributed by atoms with Crippen LogP contribution in [0, 0.1) is 17.8 Å². The Kier molecular flexibility index (Phi) is 8.60. The van der Waals surface area contributed by atoms with E-state index >= 15 is 0 Å². The van der Waals surface area contributed by atoms with Crippen LogP contribution in [0.4, 0.5) is 51.2 Å². The molecular weight excluding hydrogens is 749 g/mol. The molecule has 4 heteroatoms. The second-order valence-corrected chi connectivity index (χ2v) is 19.8. The molecule has 0 atom stereocenters. The predicted octanol–water partition coefficient (Wildman–Crippen LogP) is 13.8. The summed E-state index contributed by atoms with van der Waals surface area (Å²) >= 11 is 0. The highest BCUT2D eigenvalue weighted by atomic mass is 15.2. The predicted molar refractivity (Wildman–Crippen MR) is 261 cm³/mol. The highest BCUT2D eigenvalue weighted by Gasteiger charge is 2.52. The minimum atomic E-state index is 0.0867. The van der Waals surface area contributed by atoms with Crippen molar-refractivity contribution in [1.82, 2.24) is 0 Å². The summed E-state index contributed by atoms with van der Waals surface area (Å²) in [4.78, 5) is 7.63. The number of rotatable bonds is 7. The van der Waals surface area contributed by atoms with Crippen molar-refractivity contribution in [3.63, 3.8) is 0 Å². The molecule has 62 heavy (non-hydrogen) atoms. The second-order valence-electron chi connectivity index (χ2n) is 19.8. The smallest absolute Gasteiger partial charge is 0.252 e. The summed E-state index contributed by atoms with van der Waals surface area (Å²) in [5.41, 5.74) is 18.4. The lowest BCUT2D eigenvalue weighted by atomic mass is 9.33. The first-order chi connectivity index (χ1) is 30.7. The summed E-state index contributed by atoms with van der Waals surface area (Å²) in [7, 11) is 0. The van der Waals surface area contributed by atoms with Gasteiger partial charge in [0.25, 0.3) is 6.71 Å². The van der Waals surface area contributed by atoms with Gasteiger partial charge in [-0.15, -0.1) is 0 Å². The third kappa shape index (κ3) is 5.85. The molecule has 7 aliphatic rings. The van der Waals surface area contributed by atoms with Crippen LogP contribution < -0.4 is 31.1 Å². The lowest BCUT2D eigenvalue weighted by Gasteiger charge is -2.57. The van der Waals surface area contributed by atoms with E-state index in [0.29, 0.717) is 11.3 Å². The molecule has 0 radical (unpaired) electrons. The molecule has 2 aliphatic heterocycles. The van der Waals surface area contributed by atoms with Crippen molar-refractivity contribution in [2.75, 3.05) is 14.7 Å². The van der Waals surface area contributed by atoms with Crippen LogP contribution in [0.3, 0.4) is 0 Å². The normalized spacial score (nSPS) is 23.2. The van der Waals surface area contributed by atoms with Crippen LogP contribution in [-0.4, -0.2) is 6.71 Å². The second kappa shape index (κ2) is 14.5. The number of para-hydroxylation sites is 4. The summed E-state index contributed by atoms with van der Waals surface area (Å²) in [6.07, 6.45) is 15.2. The van der Waals surface area contributed by atoms with Crippen molar-refractivity contribution in [3.8, 4) is 0 Å². The van der Waals surface area contributed by atoms with Gasteiger partial charge in [-0.2, -0.15) is 0 Å². The maximum Gasteiger partial charge on any atom is 0.252 e. The number of benzene rings is 7. The molecule has 4 bridgehead atoms. The van der Waals surface area contributed by atoms with Gasteiger partial charge in [-0.25, -0.2) is 0 Å². The lowest BCUT2D eigenvalue weighted by Crippen LogP contribution is -2.61. The van der Waals surface area contributed by atoms with Gasteiger partial charge in [-0.3, -0.25) is 0 Å². The zero-order valence-corrected chi connectivity index (χ0v) is 35.7. The van der Waals surface area contributed by atoms with Crippen molar-refractivity contribution >= 4 is 74.3 Å². The van der Waals surface area contributed by atoms with Crippen molar-refractivity contribution in [3.05, 3.63) is 181 Å². The van der Waals surface area contributed by atoms with Crippen LogP contribution in [0.1, 0.15) is 87.7 Å². The van der Waals surface area contributed by atoms with Crippen LogP contribution in [-0.2, 0) is 5.41 Å². The Morgan fingerprint density at radius 3 is 1.44 bits per heavy atom. The van der Waals surface area contributed by atoms with Gasteiger partial charge in [-0.05, 0) is 181 Å². The van der Waals surface area contributed by atoms with Gasteiger partial charge in [-0.1, -0.05) is 116 Å². The third-order valence-electron chi connectivity index (χ3n) is 16.2. The van der Waals surface area contributed by atoms with E-state index in [4.69, 9.17) is 0 Å². The molecule has 3 nitrogen and oxygen atoms in total. The maximum atomic E-state index is 2.60. The van der Waals surface area contributed by atoms with E-state index in [1.165, 1.54) is 127 Å². The van der Waals surface area contributed by atoms with Gasteiger partial charge < -0.3 is 14.7 Å². The van der Waals surface area contributed by atoms with Crippen molar-refractivity contribution in [2.45, 2.75) is 82.0 Å². The molecule has 0 unspecified atom stereocenters. The summed E-state index contributed by atoms with van der Waals surface area (Å²) in [6.45, 7) is 0.0867. The average Bonchev–Trinajstić information content (AvgIpc) is 3.32. The number of nitrogens with zero attached hydrogens (tertiary/aromatic N) is 3. The van der Waals surface area contributed by atoms with Gasteiger partial charge >= 0.3 is 0 Å². The lowest BCUT2D eigenvalue weighted by molar-refractivity contribution is -0.00518. The molecule has 304 valence electrons. The first-order valence-corrected chi connectivity index (χ1v) is 23.7. The molecule has 14 rings (SSSR count). The molecule has 0 saturated heterocycles. The van der Waals surface area contributed by atoms with Crippen molar-refractivity contribution < 1.29 is 0 Å². The first kappa shape index (κ1) is 36.6. The highest BCUT2D eigenvalue weighted by molar-refractivity contribution is 7.00. The highest BCUT2D eigenvalue weighted by Crippen LogP contribution is 2.61. The zero-order valence-electron chi connectivity index (χ0n) is 35.7. The number of anilines is 9. The molecule has 7 aromatic rings. The molecule has 0 amide bonds.